The first-order valence-electron chi connectivity index (χ1n) is 5.54. The Balaban J connectivity index is 1.96. The Labute approximate surface area is 95.5 Å². The first-order valence-corrected chi connectivity index (χ1v) is 5.54. The molecular formula is C12H17NO3. The summed E-state index contributed by atoms with van der Waals surface area (Å²) in [5, 5.41) is 0. The van der Waals surface area contributed by atoms with Crippen molar-refractivity contribution in [2.75, 3.05) is 19.8 Å². The largest absolute Gasteiger partial charge is 0.486 e. The summed E-state index contributed by atoms with van der Waals surface area (Å²) in [6.07, 6.45) is 3.47. The fraction of sp³-hybridized carbons (Fsp3) is 0.583. The van der Waals surface area contributed by atoms with E-state index in [9.17, 15) is 0 Å². The highest BCUT2D eigenvalue weighted by Gasteiger charge is 2.23. The Kier molecular flexibility index (Phi) is 3.74. The molecule has 0 spiro atoms. The summed E-state index contributed by atoms with van der Waals surface area (Å²) in [5.41, 5.74) is 1.08. The van der Waals surface area contributed by atoms with Gasteiger partial charge in [0, 0.05) is 6.20 Å². The number of aromatic nitrogens is 1. The van der Waals surface area contributed by atoms with E-state index in [-0.39, 0.29) is 12.2 Å². The average molecular weight is 223 g/mol. The van der Waals surface area contributed by atoms with E-state index in [0.717, 1.165) is 11.3 Å². The van der Waals surface area contributed by atoms with Crippen LogP contribution in [0.2, 0.25) is 0 Å². The summed E-state index contributed by atoms with van der Waals surface area (Å²) in [4.78, 5) is 4.05. The first kappa shape index (κ1) is 11.4. The highest BCUT2D eigenvalue weighted by molar-refractivity contribution is 5.28. The summed E-state index contributed by atoms with van der Waals surface area (Å²) < 4.78 is 16.7. The van der Waals surface area contributed by atoms with E-state index in [4.69, 9.17) is 14.2 Å². The van der Waals surface area contributed by atoms with Crippen LogP contribution in [0.4, 0.5) is 0 Å². The zero-order chi connectivity index (χ0) is 11.4. The molecule has 2 atom stereocenters. The van der Waals surface area contributed by atoms with Crippen molar-refractivity contribution in [3.63, 3.8) is 0 Å². The van der Waals surface area contributed by atoms with Gasteiger partial charge in [-0.3, -0.25) is 4.98 Å². The molecule has 1 fully saturated rings. The Morgan fingerprint density at radius 1 is 1.50 bits per heavy atom. The maximum Gasteiger partial charge on any atom is 0.141 e. The molecule has 2 heterocycles. The van der Waals surface area contributed by atoms with Gasteiger partial charge in [0.05, 0.1) is 26.0 Å². The van der Waals surface area contributed by atoms with Crippen molar-refractivity contribution in [3.05, 3.63) is 24.0 Å². The van der Waals surface area contributed by atoms with E-state index in [1.807, 2.05) is 19.9 Å². The van der Waals surface area contributed by atoms with Crippen molar-refractivity contribution < 1.29 is 14.2 Å². The zero-order valence-electron chi connectivity index (χ0n) is 9.68. The number of ether oxygens (including phenoxy) is 3. The third kappa shape index (κ3) is 2.71. The lowest BCUT2D eigenvalue weighted by Crippen LogP contribution is -2.40. The van der Waals surface area contributed by atoms with Gasteiger partial charge in [-0.25, -0.2) is 0 Å². The predicted molar refractivity (Wildman–Crippen MR) is 59.6 cm³/mol. The molecule has 1 aromatic heterocycles. The fourth-order valence-electron chi connectivity index (χ4n) is 1.63. The molecule has 0 saturated carbocycles. The molecule has 0 aromatic carbocycles. The van der Waals surface area contributed by atoms with Gasteiger partial charge in [-0.05, 0) is 25.5 Å². The van der Waals surface area contributed by atoms with Crippen LogP contribution in [0.1, 0.15) is 12.5 Å². The van der Waals surface area contributed by atoms with E-state index in [1.54, 1.807) is 12.4 Å². The predicted octanol–water partition coefficient (Wildman–Crippen LogP) is 1.57. The Bertz CT molecular complexity index is 337. The van der Waals surface area contributed by atoms with Gasteiger partial charge in [-0.15, -0.1) is 0 Å². The van der Waals surface area contributed by atoms with E-state index >= 15 is 0 Å². The third-order valence-electron chi connectivity index (χ3n) is 2.67. The van der Waals surface area contributed by atoms with Crippen molar-refractivity contribution in [2.24, 2.45) is 0 Å². The molecule has 1 aliphatic heterocycles. The molecule has 1 unspecified atom stereocenters. The van der Waals surface area contributed by atoms with Crippen LogP contribution in [-0.2, 0) is 9.47 Å². The molecule has 0 bridgehead atoms. The van der Waals surface area contributed by atoms with E-state index in [0.29, 0.717) is 19.8 Å². The van der Waals surface area contributed by atoms with Gasteiger partial charge in [0.1, 0.15) is 18.0 Å². The highest BCUT2D eigenvalue weighted by atomic mass is 16.6. The minimum absolute atomic E-state index is 0.00774. The summed E-state index contributed by atoms with van der Waals surface area (Å²) in [7, 11) is 0. The lowest BCUT2D eigenvalue weighted by molar-refractivity contribution is -0.122. The van der Waals surface area contributed by atoms with Crippen LogP contribution >= 0.6 is 0 Å². The molecule has 16 heavy (non-hydrogen) atoms. The summed E-state index contributed by atoms with van der Waals surface area (Å²) in [6.45, 7) is 5.91. The van der Waals surface area contributed by atoms with E-state index in [2.05, 4.69) is 4.98 Å². The average Bonchev–Trinajstić information content (AvgIpc) is 2.33. The summed E-state index contributed by atoms with van der Waals surface area (Å²) >= 11 is 0. The number of pyridine rings is 1. The van der Waals surface area contributed by atoms with Crippen LogP contribution < -0.4 is 4.74 Å². The lowest BCUT2D eigenvalue weighted by atomic mass is 10.2. The number of aryl methyl sites for hydroxylation is 1. The molecule has 1 aliphatic rings. The third-order valence-corrected chi connectivity index (χ3v) is 2.67. The molecule has 1 aromatic rings. The molecular weight excluding hydrogens is 206 g/mol. The monoisotopic (exact) mass is 223 g/mol. The van der Waals surface area contributed by atoms with Crippen LogP contribution in [0.3, 0.4) is 0 Å². The normalized spacial score (nSPS) is 22.8. The Morgan fingerprint density at radius 3 is 3.06 bits per heavy atom. The molecule has 0 aliphatic carbocycles. The second kappa shape index (κ2) is 5.27. The second-order valence-corrected chi connectivity index (χ2v) is 3.95. The molecule has 2 rings (SSSR count). The zero-order valence-corrected chi connectivity index (χ0v) is 9.68. The van der Waals surface area contributed by atoms with Crippen LogP contribution in [0, 0.1) is 6.92 Å². The minimum Gasteiger partial charge on any atom is -0.486 e. The summed E-state index contributed by atoms with van der Waals surface area (Å²) in [6, 6.07) is 1.93. The molecule has 1 saturated heterocycles. The maximum absolute atomic E-state index is 5.82. The minimum atomic E-state index is -0.0248. The van der Waals surface area contributed by atoms with Crippen molar-refractivity contribution >= 4 is 0 Å². The standard InChI is InChI=1S/C12H17NO3/c1-9-3-4-13-7-11(9)16-10(2)12-8-14-5-6-15-12/h3-4,7,10,12H,5-6,8H2,1-2H3/t10-,12?/m1/s1. The molecule has 0 N–H and O–H groups in total. The topological polar surface area (TPSA) is 40.6 Å². The van der Waals surface area contributed by atoms with Crippen LogP contribution in [0.25, 0.3) is 0 Å². The van der Waals surface area contributed by atoms with Crippen LogP contribution in [0.15, 0.2) is 18.5 Å². The van der Waals surface area contributed by atoms with Crippen molar-refractivity contribution in [1.82, 2.24) is 4.98 Å². The number of rotatable bonds is 3. The SMILES string of the molecule is Cc1ccncc1O[C@H](C)C1COCCO1. The Hall–Kier alpha value is -1.13. The maximum atomic E-state index is 5.82. The lowest BCUT2D eigenvalue weighted by Gasteiger charge is -2.28. The van der Waals surface area contributed by atoms with Gasteiger partial charge >= 0.3 is 0 Å². The first-order chi connectivity index (χ1) is 7.77. The van der Waals surface area contributed by atoms with Gasteiger partial charge in [-0.1, -0.05) is 0 Å². The smallest absolute Gasteiger partial charge is 0.141 e. The number of hydrogen-bond donors (Lipinski definition) is 0. The van der Waals surface area contributed by atoms with Crippen molar-refractivity contribution in [2.45, 2.75) is 26.1 Å². The molecule has 4 nitrogen and oxygen atoms in total. The molecule has 88 valence electrons. The van der Waals surface area contributed by atoms with E-state index in [1.165, 1.54) is 0 Å². The van der Waals surface area contributed by atoms with Crippen molar-refractivity contribution in [1.29, 1.82) is 0 Å². The van der Waals surface area contributed by atoms with Crippen molar-refractivity contribution in [3.8, 4) is 5.75 Å². The molecule has 4 heteroatoms. The quantitative estimate of drug-likeness (QED) is 0.780. The number of hydrogen-bond acceptors (Lipinski definition) is 4. The van der Waals surface area contributed by atoms with Gasteiger partial charge < -0.3 is 14.2 Å². The highest BCUT2D eigenvalue weighted by Crippen LogP contribution is 2.19. The van der Waals surface area contributed by atoms with E-state index < -0.39 is 0 Å². The van der Waals surface area contributed by atoms with Crippen LogP contribution in [-0.4, -0.2) is 37.0 Å². The molecule has 0 amide bonds. The Morgan fingerprint density at radius 2 is 2.38 bits per heavy atom. The van der Waals surface area contributed by atoms with Gasteiger partial charge in [0.15, 0.2) is 0 Å². The van der Waals surface area contributed by atoms with Gasteiger partial charge in [0.25, 0.3) is 0 Å². The van der Waals surface area contributed by atoms with Crippen LogP contribution in [0.5, 0.6) is 5.75 Å². The summed E-state index contributed by atoms with van der Waals surface area (Å²) in [5.74, 6) is 0.809. The van der Waals surface area contributed by atoms with Gasteiger partial charge in [0.2, 0.25) is 0 Å². The van der Waals surface area contributed by atoms with Gasteiger partial charge in [-0.2, -0.15) is 0 Å². The number of nitrogens with zero attached hydrogens (tertiary/aromatic N) is 1. The second-order valence-electron chi connectivity index (χ2n) is 3.95. The molecule has 0 radical (unpaired) electrons. The fourth-order valence-corrected chi connectivity index (χ4v) is 1.63.